The van der Waals surface area contributed by atoms with Crippen molar-refractivity contribution in [3.8, 4) is 0 Å². The van der Waals surface area contributed by atoms with Crippen LogP contribution in [0.4, 0.5) is 11.8 Å². The summed E-state index contributed by atoms with van der Waals surface area (Å²) >= 11 is 0. The van der Waals surface area contributed by atoms with Gasteiger partial charge >= 0.3 is 0 Å². The Labute approximate surface area is 137 Å². The monoisotopic (exact) mass is 321 g/mol. The van der Waals surface area contributed by atoms with Crippen LogP contribution in [0, 0.1) is 11.8 Å². The van der Waals surface area contributed by atoms with Gasteiger partial charge in [0, 0.05) is 51.3 Å². The van der Waals surface area contributed by atoms with Gasteiger partial charge in [0.15, 0.2) is 0 Å². The van der Waals surface area contributed by atoms with Gasteiger partial charge in [-0.15, -0.1) is 0 Å². The van der Waals surface area contributed by atoms with Crippen molar-refractivity contribution in [1.29, 1.82) is 0 Å². The standard InChI is InChI=1S/C16H27N5O2/c1-10(2)5-12-7-14(19-16(17)18-12)21-8-11(13(22)9-21)6-15(23)20(3)4/h7,10-11,13,22H,5-6,8-9H2,1-4H3,(H2,17,18,19)/t11-,13-/m1/s1. The summed E-state index contributed by atoms with van der Waals surface area (Å²) in [7, 11) is 3.45. The summed E-state index contributed by atoms with van der Waals surface area (Å²) in [5, 5.41) is 10.2. The Morgan fingerprint density at radius 2 is 2.13 bits per heavy atom. The summed E-state index contributed by atoms with van der Waals surface area (Å²) in [5.74, 6) is 1.40. The molecule has 23 heavy (non-hydrogen) atoms. The van der Waals surface area contributed by atoms with Crippen LogP contribution in [-0.4, -0.2) is 59.2 Å². The van der Waals surface area contributed by atoms with Crippen molar-refractivity contribution >= 4 is 17.7 Å². The highest BCUT2D eigenvalue weighted by Gasteiger charge is 2.34. The molecule has 1 amide bonds. The summed E-state index contributed by atoms with van der Waals surface area (Å²) in [6.45, 7) is 5.31. The van der Waals surface area contributed by atoms with E-state index in [1.54, 1.807) is 19.0 Å². The van der Waals surface area contributed by atoms with E-state index in [9.17, 15) is 9.90 Å². The number of amides is 1. The number of nitrogens with zero attached hydrogens (tertiary/aromatic N) is 4. The van der Waals surface area contributed by atoms with Crippen LogP contribution in [0.5, 0.6) is 0 Å². The van der Waals surface area contributed by atoms with Crippen molar-refractivity contribution in [2.24, 2.45) is 11.8 Å². The van der Waals surface area contributed by atoms with Crippen molar-refractivity contribution in [1.82, 2.24) is 14.9 Å². The highest BCUT2D eigenvalue weighted by atomic mass is 16.3. The first-order chi connectivity index (χ1) is 10.8. The first-order valence-electron chi connectivity index (χ1n) is 8.03. The topological polar surface area (TPSA) is 95.6 Å². The van der Waals surface area contributed by atoms with Crippen molar-refractivity contribution < 1.29 is 9.90 Å². The highest BCUT2D eigenvalue weighted by Crippen LogP contribution is 2.26. The molecular weight excluding hydrogens is 294 g/mol. The second-order valence-electron chi connectivity index (χ2n) is 6.90. The van der Waals surface area contributed by atoms with Crippen LogP contribution in [0.3, 0.4) is 0 Å². The molecule has 1 aromatic heterocycles. The van der Waals surface area contributed by atoms with Gasteiger partial charge in [-0.1, -0.05) is 13.8 Å². The molecule has 0 unspecified atom stereocenters. The van der Waals surface area contributed by atoms with Crippen molar-refractivity contribution in [2.75, 3.05) is 37.8 Å². The van der Waals surface area contributed by atoms with Gasteiger partial charge in [-0.25, -0.2) is 4.98 Å². The van der Waals surface area contributed by atoms with E-state index in [0.29, 0.717) is 25.4 Å². The van der Waals surface area contributed by atoms with Crippen molar-refractivity contribution in [3.05, 3.63) is 11.8 Å². The molecule has 1 saturated heterocycles. The lowest BCUT2D eigenvalue weighted by Crippen LogP contribution is -2.28. The molecule has 0 saturated carbocycles. The Hall–Kier alpha value is -1.89. The normalized spacial score (nSPS) is 21.0. The molecule has 2 heterocycles. The molecule has 0 radical (unpaired) electrons. The molecular formula is C16H27N5O2. The van der Waals surface area contributed by atoms with E-state index in [2.05, 4.69) is 23.8 Å². The van der Waals surface area contributed by atoms with Gasteiger partial charge in [0.05, 0.1) is 6.10 Å². The third-order valence-electron chi connectivity index (χ3n) is 4.07. The Morgan fingerprint density at radius 3 is 2.74 bits per heavy atom. The minimum atomic E-state index is -0.538. The molecule has 1 fully saturated rings. The third-order valence-corrected chi connectivity index (χ3v) is 4.07. The molecule has 0 spiro atoms. The number of nitrogens with two attached hydrogens (primary N) is 1. The van der Waals surface area contributed by atoms with Crippen LogP contribution < -0.4 is 10.6 Å². The van der Waals surface area contributed by atoms with Gasteiger partial charge in [-0.2, -0.15) is 4.98 Å². The average Bonchev–Trinajstić information content (AvgIpc) is 2.78. The molecule has 0 aliphatic carbocycles. The number of nitrogen functional groups attached to an aromatic ring is 1. The zero-order valence-corrected chi connectivity index (χ0v) is 14.4. The number of rotatable bonds is 5. The van der Waals surface area contributed by atoms with Crippen LogP contribution >= 0.6 is 0 Å². The fraction of sp³-hybridized carbons (Fsp3) is 0.688. The van der Waals surface area contributed by atoms with Crippen LogP contribution in [-0.2, 0) is 11.2 Å². The Morgan fingerprint density at radius 1 is 1.43 bits per heavy atom. The Balaban J connectivity index is 2.11. The predicted molar refractivity (Wildman–Crippen MR) is 90.0 cm³/mol. The zero-order chi connectivity index (χ0) is 17.1. The van der Waals surface area contributed by atoms with E-state index < -0.39 is 6.10 Å². The molecule has 2 atom stereocenters. The maximum atomic E-state index is 11.9. The van der Waals surface area contributed by atoms with Gasteiger partial charge in [0.1, 0.15) is 5.82 Å². The van der Waals surface area contributed by atoms with E-state index >= 15 is 0 Å². The molecule has 1 aromatic rings. The maximum absolute atomic E-state index is 11.9. The molecule has 3 N–H and O–H groups in total. The van der Waals surface area contributed by atoms with Gasteiger partial charge in [-0.3, -0.25) is 4.79 Å². The lowest BCUT2D eigenvalue weighted by atomic mass is 10.0. The third kappa shape index (κ3) is 4.54. The van der Waals surface area contributed by atoms with Crippen molar-refractivity contribution in [3.63, 3.8) is 0 Å². The average molecular weight is 321 g/mol. The fourth-order valence-electron chi connectivity index (χ4n) is 2.84. The molecule has 128 valence electrons. The molecule has 2 rings (SSSR count). The van der Waals surface area contributed by atoms with Crippen LogP contribution in [0.2, 0.25) is 0 Å². The SMILES string of the molecule is CC(C)Cc1cc(N2C[C@@H](CC(=O)N(C)C)[C@H](O)C2)nc(N)n1. The largest absolute Gasteiger partial charge is 0.391 e. The minimum Gasteiger partial charge on any atom is -0.391 e. The number of aromatic nitrogens is 2. The number of anilines is 2. The number of aliphatic hydroxyl groups is 1. The van der Waals surface area contributed by atoms with Gasteiger partial charge in [-0.05, 0) is 12.3 Å². The first kappa shape index (κ1) is 17.5. The van der Waals surface area contributed by atoms with Gasteiger partial charge in [0.2, 0.25) is 11.9 Å². The summed E-state index contributed by atoms with van der Waals surface area (Å²) in [5.41, 5.74) is 6.73. The predicted octanol–water partition coefficient (Wildman–Crippen LogP) is 0.533. The summed E-state index contributed by atoms with van der Waals surface area (Å²) in [4.78, 5) is 24.0. The van der Waals surface area contributed by atoms with E-state index in [1.165, 1.54) is 0 Å². The molecule has 0 aromatic carbocycles. The molecule has 7 heteroatoms. The number of hydrogen-bond donors (Lipinski definition) is 2. The van der Waals surface area contributed by atoms with E-state index in [4.69, 9.17) is 5.73 Å². The van der Waals surface area contributed by atoms with E-state index in [0.717, 1.165) is 17.9 Å². The number of carbonyl (C=O) groups excluding carboxylic acids is 1. The van der Waals surface area contributed by atoms with E-state index in [1.807, 2.05) is 11.0 Å². The minimum absolute atomic E-state index is 0.0265. The van der Waals surface area contributed by atoms with Gasteiger partial charge < -0.3 is 20.6 Å². The van der Waals surface area contributed by atoms with Crippen molar-refractivity contribution in [2.45, 2.75) is 32.8 Å². The summed E-state index contributed by atoms with van der Waals surface area (Å²) < 4.78 is 0. The number of aliphatic hydroxyl groups excluding tert-OH is 1. The number of hydrogen-bond acceptors (Lipinski definition) is 6. The fourth-order valence-corrected chi connectivity index (χ4v) is 2.84. The Kier molecular flexibility index (Phi) is 5.41. The number of carbonyl (C=O) groups is 1. The van der Waals surface area contributed by atoms with Crippen LogP contribution in [0.15, 0.2) is 6.07 Å². The first-order valence-corrected chi connectivity index (χ1v) is 8.03. The maximum Gasteiger partial charge on any atom is 0.222 e. The van der Waals surface area contributed by atoms with Crippen LogP contribution in [0.25, 0.3) is 0 Å². The highest BCUT2D eigenvalue weighted by molar-refractivity contribution is 5.76. The van der Waals surface area contributed by atoms with Crippen LogP contribution in [0.1, 0.15) is 26.0 Å². The molecule has 0 bridgehead atoms. The van der Waals surface area contributed by atoms with E-state index in [-0.39, 0.29) is 17.8 Å². The second-order valence-corrected chi connectivity index (χ2v) is 6.90. The lowest BCUT2D eigenvalue weighted by molar-refractivity contribution is -0.130. The molecule has 1 aliphatic rings. The molecule has 7 nitrogen and oxygen atoms in total. The summed E-state index contributed by atoms with van der Waals surface area (Å²) in [6, 6.07) is 1.93. The Bertz CT molecular complexity index is 561. The lowest BCUT2D eigenvalue weighted by Gasteiger charge is -2.19. The number of β-amino-alcohol motifs (C(OH)–C–C–N with tert-alkyl or cyclic N) is 1. The second kappa shape index (κ2) is 7.12. The van der Waals surface area contributed by atoms with Gasteiger partial charge in [0.25, 0.3) is 0 Å². The summed E-state index contributed by atoms with van der Waals surface area (Å²) in [6.07, 6.45) is 0.631. The zero-order valence-electron chi connectivity index (χ0n) is 14.4. The molecule has 1 aliphatic heterocycles. The quantitative estimate of drug-likeness (QED) is 0.821. The smallest absolute Gasteiger partial charge is 0.222 e.